The minimum Gasteiger partial charge on any atom is -0.456 e. The van der Waals surface area contributed by atoms with Crippen molar-refractivity contribution in [2.75, 3.05) is 0 Å². The lowest BCUT2D eigenvalue weighted by Gasteiger charge is -2.09. The van der Waals surface area contributed by atoms with Crippen LogP contribution in [0.4, 0.5) is 0 Å². The van der Waals surface area contributed by atoms with Gasteiger partial charge in [-0.3, -0.25) is 0 Å². The van der Waals surface area contributed by atoms with Crippen molar-refractivity contribution in [2.45, 2.75) is 0 Å². The minimum absolute atomic E-state index is 0.792. The number of benzene rings is 9. The fraction of sp³-hybridized carbons (Fsp3) is 0. The van der Waals surface area contributed by atoms with Gasteiger partial charge >= 0.3 is 0 Å². The molecule has 0 radical (unpaired) electrons. The largest absolute Gasteiger partial charge is 0.456 e. The van der Waals surface area contributed by atoms with E-state index in [1.807, 2.05) is 12.1 Å². The summed E-state index contributed by atoms with van der Waals surface area (Å²) in [6.45, 7) is 0. The molecule has 0 spiro atoms. The van der Waals surface area contributed by atoms with Crippen molar-refractivity contribution in [3.05, 3.63) is 188 Å². The van der Waals surface area contributed by atoms with Gasteiger partial charge in [0.1, 0.15) is 27.9 Å². The summed E-state index contributed by atoms with van der Waals surface area (Å²) < 4.78 is 22.1. The second-order valence-corrected chi connectivity index (χ2v) is 15.2. The Hall–Kier alpha value is -7.82. The van der Waals surface area contributed by atoms with Crippen molar-refractivity contribution >= 4 is 87.6 Å². The van der Waals surface area contributed by atoms with Crippen LogP contribution in [0.3, 0.4) is 0 Å². The zero-order valence-electron chi connectivity index (χ0n) is 31.1. The number of rotatable bonds is 4. The monoisotopic (exact) mass is 741 g/mol. The van der Waals surface area contributed by atoms with Crippen molar-refractivity contribution in [2.24, 2.45) is 0 Å². The van der Waals surface area contributed by atoms with Crippen LogP contribution in [0.1, 0.15) is 0 Å². The Balaban J connectivity index is 1.00. The van der Waals surface area contributed by atoms with Crippen LogP contribution in [0.15, 0.2) is 201 Å². The van der Waals surface area contributed by atoms with Gasteiger partial charge in [-0.1, -0.05) is 127 Å². The van der Waals surface area contributed by atoms with Crippen molar-refractivity contribution in [3.8, 4) is 39.1 Å². The van der Waals surface area contributed by atoms with Crippen LogP contribution < -0.4 is 0 Å². The Morgan fingerprint density at radius 1 is 0.276 bits per heavy atom. The summed E-state index contributed by atoms with van der Waals surface area (Å²) in [6, 6.07) is 66.6. The third-order valence-corrected chi connectivity index (χ3v) is 12.0. The van der Waals surface area contributed by atoms with Crippen LogP contribution in [-0.4, -0.2) is 4.57 Å². The summed E-state index contributed by atoms with van der Waals surface area (Å²) >= 11 is 0. The number of furan rings is 3. The summed E-state index contributed by atoms with van der Waals surface area (Å²) in [4.78, 5) is 0. The molecule has 0 bridgehead atoms. The predicted octanol–water partition coefficient (Wildman–Crippen LogP) is 15.5. The van der Waals surface area contributed by atoms with Gasteiger partial charge in [0.2, 0.25) is 0 Å². The molecule has 0 atom stereocenters. The normalized spacial score (nSPS) is 12.1. The number of hydrogen-bond acceptors (Lipinski definition) is 3. The lowest BCUT2D eigenvalue weighted by molar-refractivity contribution is 0.655. The first kappa shape index (κ1) is 31.4. The van der Waals surface area contributed by atoms with Crippen molar-refractivity contribution < 1.29 is 13.3 Å². The molecule has 4 nitrogen and oxygen atoms in total. The highest BCUT2D eigenvalue weighted by molar-refractivity contribution is 6.19. The second-order valence-electron chi connectivity index (χ2n) is 15.2. The van der Waals surface area contributed by atoms with Crippen LogP contribution in [0.5, 0.6) is 0 Å². The maximum absolute atomic E-state index is 6.90. The van der Waals surface area contributed by atoms with Gasteiger partial charge in [-0.2, -0.15) is 0 Å². The highest BCUT2D eigenvalue weighted by Crippen LogP contribution is 2.44. The average Bonchev–Trinajstić information content (AvgIpc) is 4.04. The molecule has 13 rings (SSSR count). The molecule has 58 heavy (non-hydrogen) atoms. The van der Waals surface area contributed by atoms with Gasteiger partial charge in [0.05, 0.1) is 16.7 Å². The summed E-state index contributed by atoms with van der Waals surface area (Å²) in [7, 11) is 0. The third-order valence-electron chi connectivity index (χ3n) is 12.0. The SMILES string of the molecule is c1ccc(-c2ccc3c(c2)c2cc(-c4ccccc4)ccc2n3-c2cccc3c2oc2cc4oc5c(-c6ccc7oc8ccccc8c7c6)cccc5c4cc23)cc1. The van der Waals surface area contributed by atoms with E-state index in [4.69, 9.17) is 13.3 Å². The molecule has 0 N–H and O–H groups in total. The Bertz CT molecular complexity index is 3690. The molecule has 9 aromatic carbocycles. The van der Waals surface area contributed by atoms with E-state index in [-0.39, 0.29) is 0 Å². The van der Waals surface area contributed by atoms with Gasteiger partial charge in [0.25, 0.3) is 0 Å². The van der Waals surface area contributed by atoms with Gasteiger partial charge in [-0.05, 0) is 82.4 Å². The van der Waals surface area contributed by atoms with Crippen LogP contribution in [0, 0.1) is 0 Å². The van der Waals surface area contributed by atoms with Gasteiger partial charge in [0.15, 0.2) is 5.58 Å². The maximum atomic E-state index is 6.90. The molecule has 4 heteroatoms. The van der Waals surface area contributed by atoms with Crippen LogP contribution in [0.25, 0.3) is 127 Å². The first-order valence-electron chi connectivity index (χ1n) is 19.7. The highest BCUT2D eigenvalue weighted by Gasteiger charge is 2.21. The maximum Gasteiger partial charge on any atom is 0.159 e. The fourth-order valence-corrected chi connectivity index (χ4v) is 9.27. The topological polar surface area (TPSA) is 44.4 Å². The van der Waals surface area contributed by atoms with Crippen LogP contribution >= 0.6 is 0 Å². The second kappa shape index (κ2) is 11.8. The number of hydrogen-bond donors (Lipinski definition) is 0. The van der Waals surface area contributed by atoms with Crippen LogP contribution in [-0.2, 0) is 0 Å². The number of nitrogens with zero attached hydrogens (tertiary/aromatic N) is 1. The molecule has 4 heterocycles. The summed E-state index contributed by atoms with van der Waals surface area (Å²) in [5, 5.41) is 8.85. The van der Waals surface area contributed by atoms with E-state index in [2.05, 4.69) is 180 Å². The summed E-state index contributed by atoms with van der Waals surface area (Å²) in [5.74, 6) is 0. The molecular weight excluding hydrogens is 711 g/mol. The average molecular weight is 742 g/mol. The molecule has 0 fully saturated rings. The predicted molar refractivity (Wildman–Crippen MR) is 239 cm³/mol. The molecule has 0 aliphatic heterocycles. The summed E-state index contributed by atoms with van der Waals surface area (Å²) in [6.07, 6.45) is 0. The number of aromatic nitrogens is 1. The molecule has 0 aliphatic carbocycles. The molecule has 0 amide bonds. The van der Waals surface area contributed by atoms with Gasteiger partial charge in [0, 0.05) is 54.7 Å². The molecular formula is C54H31NO3. The molecule has 0 saturated heterocycles. The van der Waals surface area contributed by atoms with Gasteiger partial charge < -0.3 is 17.8 Å². The van der Waals surface area contributed by atoms with Crippen molar-refractivity contribution in [3.63, 3.8) is 0 Å². The first-order valence-corrected chi connectivity index (χ1v) is 19.7. The standard InChI is InChI=1S/C54H31NO3/c1-3-11-32(12-4-1)34-21-24-46-41(27-34)42-28-35(33-13-5-2-6-14-33)22-25-47(42)55(46)48-19-10-18-40-45-30-44-39-17-9-16-37(53(39)57-51(44)31-52(45)58-54(40)48)36-23-26-50-43(29-36)38-15-7-8-20-49(38)56-50/h1-31H. The van der Waals surface area contributed by atoms with E-state index >= 15 is 0 Å². The smallest absolute Gasteiger partial charge is 0.159 e. The van der Waals surface area contributed by atoms with Gasteiger partial charge in [-0.25, -0.2) is 0 Å². The fourth-order valence-electron chi connectivity index (χ4n) is 9.27. The molecule has 270 valence electrons. The zero-order valence-corrected chi connectivity index (χ0v) is 31.1. The van der Waals surface area contributed by atoms with E-state index in [0.29, 0.717) is 0 Å². The van der Waals surface area contributed by atoms with Crippen molar-refractivity contribution in [1.29, 1.82) is 0 Å². The molecule has 4 aromatic heterocycles. The Kier molecular flexibility index (Phi) is 6.41. The highest BCUT2D eigenvalue weighted by atomic mass is 16.3. The van der Waals surface area contributed by atoms with E-state index in [0.717, 1.165) is 93.7 Å². The van der Waals surface area contributed by atoms with Crippen LogP contribution in [0.2, 0.25) is 0 Å². The molecule has 0 unspecified atom stereocenters. The van der Waals surface area contributed by atoms with Crippen molar-refractivity contribution in [1.82, 2.24) is 4.57 Å². The third kappa shape index (κ3) is 4.51. The lowest BCUT2D eigenvalue weighted by Crippen LogP contribution is -1.94. The quantitative estimate of drug-likeness (QED) is 0.180. The molecule has 0 aliphatic rings. The number of fused-ring (bicyclic) bond motifs is 12. The molecule has 13 aromatic rings. The Morgan fingerprint density at radius 2 is 0.810 bits per heavy atom. The summed E-state index contributed by atoms with van der Waals surface area (Å²) in [5.41, 5.74) is 15.2. The lowest BCUT2D eigenvalue weighted by atomic mass is 10.00. The minimum atomic E-state index is 0.792. The molecule has 0 saturated carbocycles. The van der Waals surface area contributed by atoms with E-state index in [9.17, 15) is 0 Å². The Labute approximate surface area is 331 Å². The van der Waals surface area contributed by atoms with Gasteiger partial charge in [-0.15, -0.1) is 0 Å². The van der Waals surface area contributed by atoms with E-state index < -0.39 is 0 Å². The van der Waals surface area contributed by atoms with E-state index in [1.54, 1.807) is 0 Å². The number of para-hydroxylation sites is 3. The van der Waals surface area contributed by atoms with E-state index in [1.165, 1.54) is 33.0 Å². The Morgan fingerprint density at radius 3 is 1.52 bits per heavy atom. The zero-order chi connectivity index (χ0) is 37.9. The first-order chi connectivity index (χ1) is 28.7.